The molecule has 0 aromatic rings. The number of hydrogen-bond donors (Lipinski definition) is 1. The van der Waals surface area contributed by atoms with Gasteiger partial charge in [-0.05, 0) is 26.7 Å². The highest BCUT2D eigenvalue weighted by atomic mass is 16.3. The van der Waals surface area contributed by atoms with Crippen LogP contribution in [0.1, 0.15) is 34.6 Å². The lowest BCUT2D eigenvalue weighted by molar-refractivity contribution is -0.0605. The van der Waals surface area contributed by atoms with Crippen molar-refractivity contribution in [3.8, 4) is 6.07 Å². The van der Waals surface area contributed by atoms with E-state index in [9.17, 15) is 5.11 Å². The number of aliphatic hydroxyl groups is 1. The third kappa shape index (κ3) is 1.72. The molecule has 0 aliphatic rings. The minimum Gasteiger partial charge on any atom is -0.388 e. The largest absolute Gasteiger partial charge is 0.388 e. The summed E-state index contributed by atoms with van der Waals surface area (Å²) in [5, 5.41) is 18.7. The van der Waals surface area contributed by atoms with Crippen molar-refractivity contribution in [2.24, 2.45) is 11.3 Å². The maximum absolute atomic E-state index is 9.90. The van der Waals surface area contributed by atoms with Crippen LogP contribution in [0.15, 0.2) is 0 Å². The smallest absolute Gasteiger partial charge is 0.0822 e. The summed E-state index contributed by atoms with van der Waals surface area (Å²) in [5.74, 6) is 0.0946. The lowest BCUT2D eigenvalue weighted by Crippen LogP contribution is -2.45. The molecule has 11 heavy (non-hydrogen) atoms. The Hall–Kier alpha value is -0.550. The van der Waals surface area contributed by atoms with Crippen LogP contribution in [0.4, 0.5) is 0 Å². The summed E-state index contributed by atoms with van der Waals surface area (Å²) in [6.45, 7) is 9.05. The Morgan fingerprint density at radius 3 is 1.73 bits per heavy atom. The summed E-state index contributed by atoms with van der Waals surface area (Å²) >= 11 is 0. The molecule has 0 saturated heterocycles. The highest BCUT2D eigenvalue weighted by Gasteiger charge is 2.41. The summed E-state index contributed by atoms with van der Waals surface area (Å²) in [5.41, 5.74) is -1.59. The van der Waals surface area contributed by atoms with E-state index in [1.807, 2.05) is 13.8 Å². The van der Waals surface area contributed by atoms with Crippen LogP contribution in [0.3, 0.4) is 0 Å². The fraction of sp³-hybridized carbons (Fsp3) is 0.889. The summed E-state index contributed by atoms with van der Waals surface area (Å²) < 4.78 is 0. The molecule has 0 heterocycles. The molecule has 0 aliphatic heterocycles. The number of nitriles is 1. The van der Waals surface area contributed by atoms with Crippen LogP contribution in [-0.4, -0.2) is 10.7 Å². The topological polar surface area (TPSA) is 44.0 Å². The van der Waals surface area contributed by atoms with Crippen LogP contribution in [-0.2, 0) is 0 Å². The van der Waals surface area contributed by atoms with Gasteiger partial charge < -0.3 is 5.11 Å². The standard InChI is InChI=1S/C9H17NO/c1-7(2)9(5,11)8(3,4)6-10/h7,11H,1-5H3. The Kier molecular flexibility index (Phi) is 2.69. The fourth-order valence-corrected chi connectivity index (χ4v) is 0.835. The van der Waals surface area contributed by atoms with E-state index in [1.54, 1.807) is 20.8 Å². The second kappa shape index (κ2) is 2.83. The molecular weight excluding hydrogens is 138 g/mol. The summed E-state index contributed by atoms with van der Waals surface area (Å²) in [6, 6.07) is 2.11. The van der Waals surface area contributed by atoms with Gasteiger partial charge in [0.2, 0.25) is 0 Å². The van der Waals surface area contributed by atoms with Crippen molar-refractivity contribution in [3.05, 3.63) is 0 Å². The number of hydrogen-bond acceptors (Lipinski definition) is 2. The zero-order valence-electron chi connectivity index (χ0n) is 7.97. The first-order valence-corrected chi connectivity index (χ1v) is 3.89. The minimum atomic E-state index is -0.915. The molecule has 0 spiro atoms. The molecule has 0 radical (unpaired) electrons. The Labute approximate surface area is 68.8 Å². The second-order valence-corrected chi connectivity index (χ2v) is 4.04. The lowest BCUT2D eigenvalue weighted by atomic mass is 9.71. The highest BCUT2D eigenvalue weighted by molar-refractivity contribution is 5.05. The molecule has 0 amide bonds. The monoisotopic (exact) mass is 155 g/mol. The molecule has 64 valence electrons. The van der Waals surface area contributed by atoms with Crippen molar-refractivity contribution >= 4 is 0 Å². The molecule has 0 aromatic heterocycles. The molecule has 0 rings (SSSR count). The summed E-state index contributed by atoms with van der Waals surface area (Å²) in [7, 11) is 0. The van der Waals surface area contributed by atoms with Gasteiger partial charge in [0.25, 0.3) is 0 Å². The number of nitrogens with zero attached hydrogens (tertiary/aromatic N) is 1. The minimum absolute atomic E-state index is 0.0946. The summed E-state index contributed by atoms with van der Waals surface area (Å²) in [6.07, 6.45) is 0. The van der Waals surface area contributed by atoms with Crippen molar-refractivity contribution in [2.45, 2.75) is 40.2 Å². The third-order valence-corrected chi connectivity index (χ3v) is 2.67. The molecule has 0 aromatic carbocycles. The number of rotatable bonds is 2. The normalized spacial score (nSPS) is 17.6. The average Bonchev–Trinajstić information content (AvgIpc) is 1.87. The molecule has 0 fully saturated rings. The zero-order valence-corrected chi connectivity index (χ0v) is 7.97. The lowest BCUT2D eigenvalue weighted by Gasteiger charge is -2.37. The van der Waals surface area contributed by atoms with E-state index in [4.69, 9.17) is 5.26 Å². The van der Waals surface area contributed by atoms with Crippen molar-refractivity contribution < 1.29 is 5.11 Å². The first-order chi connectivity index (χ1) is 4.75. The van der Waals surface area contributed by atoms with E-state index in [-0.39, 0.29) is 5.92 Å². The van der Waals surface area contributed by atoms with Gasteiger partial charge in [0.15, 0.2) is 0 Å². The van der Waals surface area contributed by atoms with E-state index in [2.05, 4.69) is 6.07 Å². The first-order valence-electron chi connectivity index (χ1n) is 3.89. The van der Waals surface area contributed by atoms with Crippen molar-refractivity contribution in [1.29, 1.82) is 5.26 Å². The van der Waals surface area contributed by atoms with Crippen LogP contribution >= 0.6 is 0 Å². The van der Waals surface area contributed by atoms with Gasteiger partial charge >= 0.3 is 0 Å². The zero-order chi connectivity index (χ0) is 9.28. The average molecular weight is 155 g/mol. The maximum Gasteiger partial charge on any atom is 0.0822 e. The van der Waals surface area contributed by atoms with Crippen LogP contribution in [0.2, 0.25) is 0 Å². The van der Waals surface area contributed by atoms with Gasteiger partial charge in [-0.3, -0.25) is 0 Å². The molecule has 2 nitrogen and oxygen atoms in total. The van der Waals surface area contributed by atoms with Gasteiger partial charge in [-0.25, -0.2) is 0 Å². The molecule has 1 atom stereocenters. The molecule has 1 unspecified atom stereocenters. The fourth-order valence-electron chi connectivity index (χ4n) is 0.835. The molecule has 2 heteroatoms. The quantitative estimate of drug-likeness (QED) is 0.662. The van der Waals surface area contributed by atoms with Gasteiger partial charge in [-0.2, -0.15) is 5.26 Å². The van der Waals surface area contributed by atoms with Crippen LogP contribution in [0, 0.1) is 22.7 Å². The Morgan fingerprint density at radius 2 is 1.64 bits per heavy atom. The van der Waals surface area contributed by atoms with Crippen molar-refractivity contribution in [3.63, 3.8) is 0 Å². The van der Waals surface area contributed by atoms with Gasteiger partial charge in [0, 0.05) is 0 Å². The van der Waals surface area contributed by atoms with Crippen LogP contribution in [0.5, 0.6) is 0 Å². The van der Waals surface area contributed by atoms with Crippen molar-refractivity contribution in [1.82, 2.24) is 0 Å². The molecule has 0 bridgehead atoms. The van der Waals surface area contributed by atoms with Gasteiger partial charge in [0.05, 0.1) is 17.1 Å². The first kappa shape index (κ1) is 10.4. The van der Waals surface area contributed by atoms with E-state index in [0.29, 0.717) is 0 Å². The summed E-state index contributed by atoms with van der Waals surface area (Å²) in [4.78, 5) is 0. The Bertz CT molecular complexity index is 174. The SMILES string of the molecule is CC(C)C(C)(O)C(C)(C)C#N. The highest BCUT2D eigenvalue weighted by Crippen LogP contribution is 2.35. The van der Waals surface area contributed by atoms with Gasteiger partial charge in [-0.1, -0.05) is 13.8 Å². The Morgan fingerprint density at radius 1 is 1.27 bits per heavy atom. The van der Waals surface area contributed by atoms with Gasteiger partial charge in [-0.15, -0.1) is 0 Å². The molecular formula is C9H17NO. The maximum atomic E-state index is 9.90. The van der Waals surface area contributed by atoms with E-state index in [0.717, 1.165) is 0 Å². The van der Waals surface area contributed by atoms with Crippen LogP contribution < -0.4 is 0 Å². The molecule has 0 saturated carbocycles. The molecule has 1 N–H and O–H groups in total. The van der Waals surface area contributed by atoms with Crippen molar-refractivity contribution in [2.75, 3.05) is 0 Å². The second-order valence-electron chi connectivity index (χ2n) is 4.04. The van der Waals surface area contributed by atoms with E-state index < -0.39 is 11.0 Å². The van der Waals surface area contributed by atoms with E-state index >= 15 is 0 Å². The predicted molar refractivity (Wildman–Crippen MR) is 44.9 cm³/mol. The van der Waals surface area contributed by atoms with Gasteiger partial charge in [0.1, 0.15) is 0 Å². The third-order valence-electron chi connectivity index (χ3n) is 2.67. The molecule has 0 aliphatic carbocycles. The Balaban J connectivity index is 4.71. The van der Waals surface area contributed by atoms with Crippen LogP contribution in [0.25, 0.3) is 0 Å². The predicted octanol–water partition coefficient (Wildman–Crippen LogP) is 1.94. The van der Waals surface area contributed by atoms with E-state index in [1.165, 1.54) is 0 Å².